The maximum absolute atomic E-state index is 4.73. The maximum atomic E-state index is 4.73. The lowest BCUT2D eigenvalue weighted by Gasteiger charge is -2.18. The lowest BCUT2D eigenvalue weighted by Crippen LogP contribution is -2.11. The summed E-state index contributed by atoms with van der Waals surface area (Å²) in [5, 5.41) is 2.45. The second-order valence-corrected chi connectivity index (χ2v) is 7.44. The number of imidazole rings is 1. The SMILES string of the molecule is Cc1ccc2c(ccn3c(CC(C)(C)C)c(Br)nc23)c1. The lowest BCUT2D eigenvalue weighted by molar-refractivity contribution is 0.404. The average molecular weight is 331 g/mol. The fraction of sp³-hybridized carbons (Fsp3) is 0.353. The van der Waals surface area contributed by atoms with Gasteiger partial charge in [0.2, 0.25) is 0 Å². The predicted octanol–water partition coefficient (Wildman–Crippen LogP) is 5.15. The van der Waals surface area contributed by atoms with E-state index < -0.39 is 0 Å². The van der Waals surface area contributed by atoms with E-state index in [1.807, 2.05) is 0 Å². The Kier molecular flexibility index (Phi) is 3.13. The molecular formula is C17H19BrN2. The molecule has 0 aliphatic heterocycles. The van der Waals surface area contributed by atoms with Crippen molar-refractivity contribution in [3.8, 4) is 0 Å². The third-order valence-corrected chi connectivity index (χ3v) is 4.15. The topological polar surface area (TPSA) is 17.3 Å². The Morgan fingerprint density at radius 1 is 1.20 bits per heavy atom. The van der Waals surface area contributed by atoms with Crippen LogP contribution in [0, 0.1) is 12.3 Å². The van der Waals surface area contributed by atoms with Gasteiger partial charge >= 0.3 is 0 Å². The zero-order chi connectivity index (χ0) is 14.5. The van der Waals surface area contributed by atoms with Crippen molar-refractivity contribution in [2.45, 2.75) is 34.1 Å². The van der Waals surface area contributed by atoms with Crippen molar-refractivity contribution in [3.05, 3.63) is 46.3 Å². The molecule has 2 aromatic heterocycles. The molecule has 0 saturated heterocycles. The maximum Gasteiger partial charge on any atom is 0.146 e. The monoisotopic (exact) mass is 330 g/mol. The van der Waals surface area contributed by atoms with E-state index in [0.717, 1.165) is 16.7 Å². The summed E-state index contributed by atoms with van der Waals surface area (Å²) in [6, 6.07) is 8.70. The van der Waals surface area contributed by atoms with Gasteiger partial charge in [-0.05, 0) is 46.1 Å². The predicted molar refractivity (Wildman–Crippen MR) is 88.3 cm³/mol. The molecule has 3 rings (SSSR count). The van der Waals surface area contributed by atoms with Gasteiger partial charge in [0.25, 0.3) is 0 Å². The van der Waals surface area contributed by atoms with Gasteiger partial charge in [-0.1, -0.05) is 44.5 Å². The molecule has 0 atom stereocenters. The number of fused-ring (bicyclic) bond motifs is 3. The Hall–Kier alpha value is -1.35. The number of hydrogen-bond donors (Lipinski definition) is 0. The molecule has 0 saturated carbocycles. The Labute approximate surface area is 128 Å². The van der Waals surface area contributed by atoms with Gasteiger partial charge in [-0.3, -0.25) is 0 Å². The molecule has 0 aliphatic rings. The van der Waals surface area contributed by atoms with Gasteiger partial charge in [-0.2, -0.15) is 0 Å². The lowest BCUT2D eigenvalue weighted by atomic mass is 9.91. The van der Waals surface area contributed by atoms with Crippen LogP contribution >= 0.6 is 15.9 Å². The first kappa shape index (κ1) is 13.6. The highest BCUT2D eigenvalue weighted by Crippen LogP contribution is 2.30. The number of nitrogens with zero attached hydrogens (tertiary/aromatic N) is 2. The Balaban J connectivity index is 2.29. The number of hydrogen-bond acceptors (Lipinski definition) is 1. The van der Waals surface area contributed by atoms with Gasteiger partial charge in [0.05, 0.1) is 5.69 Å². The van der Waals surface area contributed by atoms with Crippen LogP contribution in [0.5, 0.6) is 0 Å². The number of rotatable bonds is 1. The molecule has 3 heteroatoms. The van der Waals surface area contributed by atoms with Crippen molar-refractivity contribution in [2.24, 2.45) is 5.41 Å². The molecule has 0 fully saturated rings. The number of aryl methyl sites for hydroxylation is 1. The number of pyridine rings is 1. The van der Waals surface area contributed by atoms with Crippen LogP contribution in [-0.2, 0) is 6.42 Å². The van der Waals surface area contributed by atoms with Crippen LogP contribution < -0.4 is 0 Å². The summed E-state index contributed by atoms with van der Waals surface area (Å²) in [7, 11) is 0. The van der Waals surface area contributed by atoms with Crippen LogP contribution in [0.4, 0.5) is 0 Å². The number of halogens is 1. The summed E-state index contributed by atoms with van der Waals surface area (Å²) in [4.78, 5) is 4.73. The number of aromatic nitrogens is 2. The molecule has 20 heavy (non-hydrogen) atoms. The molecule has 2 heterocycles. The quantitative estimate of drug-likeness (QED) is 0.603. The largest absolute Gasteiger partial charge is 0.302 e. The van der Waals surface area contributed by atoms with Crippen molar-refractivity contribution >= 4 is 32.3 Å². The summed E-state index contributed by atoms with van der Waals surface area (Å²) in [5.41, 5.74) is 3.80. The second-order valence-electron chi connectivity index (χ2n) is 6.69. The summed E-state index contributed by atoms with van der Waals surface area (Å²) in [5.74, 6) is 0. The van der Waals surface area contributed by atoms with Crippen molar-refractivity contribution in [1.82, 2.24) is 9.38 Å². The van der Waals surface area contributed by atoms with Crippen LogP contribution in [0.1, 0.15) is 32.0 Å². The van der Waals surface area contributed by atoms with Crippen LogP contribution in [0.2, 0.25) is 0 Å². The number of benzene rings is 1. The highest BCUT2D eigenvalue weighted by atomic mass is 79.9. The molecule has 2 nitrogen and oxygen atoms in total. The van der Waals surface area contributed by atoms with E-state index in [9.17, 15) is 0 Å². The molecule has 0 spiro atoms. The fourth-order valence-corrected chi connectivity index (χ4v) is 3.13. The minimum Gasteiger partial charge on any atom is -0.302 e. The molecule has 0 N–H and O–H groups in total. The van der Waals surface area contributed by atoms with Crippen molar-refractivity contribution in [3.63, 3.8) is 0 Å². The van der Waals surface area contributed by atoms with Crippen LogP contribution in [0.15, 0.2) is 35.1 Å². The van der Waals surface area contributed by atoms with Gasteiger partial charge < -0.3 is 4.40 Å². The summed E-state index contributed by atoms with van der Waals surface area (Å²) < 4.78 is 3.17. The molecule has 0 aliphatic carbocycles. The molecule has 1 aromatic carbocycles. The molecular weight excluding hydrogens is 312 g/mol. The third kappa shape index (κ3) is 2.35. The van der Waals surface area contributed by atoms with Crippen LogP contribution in [-0.4, -0.2) is 9.38 Å². The van der Waals surface area contributed by atoms with Gasteiger partial charge in [-0.15, -0.1) is 0 Å². The zero-order valence-corrected chi connectivity index (χ0v) is 14.0. The van der Waals surface area contributed by atoms with E-state index in [2.05, 4.69) is 78.5 Å². The molecule has 3 aromatic rings. The van der Waals surface area contributed by atoms with Crippen molar-refractivity contribution in [2.75, 3.05) is 0 Å². The van der Waals surface area contributed by atoms with E-state index in [0.29, 0.717) is 0 Å². The Morgan fingerprint density at radius 3 is 2.65 bits per heavy atom. The van der Waals surface area contributed by atoms with E-state index in [-0.39, 0.29) is 5.41 Å². The minimum absolute atomic E-state index is 0.237. The van der Waals surface area contributed by atoms with Gasteiger partial charge in [-0.25, -0.2) is 4.98 Å². The highest BCUT2D eigenvalue weighted by molar-refractivity contribution is 9.10. The average Bonchev–Trinajstić information content (AvgIpc) is 2.64. The zero-order valence-electron chi connectivity index (χ0n) is 12.4. The van der Waals surface area contributed by atoms with Crippen molar-refractivity contribution < 1.29 is 0 Å². The molecule has 0 unspecified atom stereocenters. The molecule has 0 radical (unpaired) electrons. The summed E-state index contributed by atoms with van der Waals surface area (Å²) >= 11 is 3.63. The smallest absolute Gasteiger partial charge is 0.146 e. The van der Waals surface area contributed by atoms with Gasteiger partial charge in [0.15, 0.2) is 0 Å². The van der Waals surface area contributed by atoms with Gasteiger partial charge in [0.1, 0.15) is 10.3 Å². The first-order valence-electron chi connectivity index (χ1n) is 6.91. The first-order chi connectivity index (χ1) is 9.35. The van der Waals surface area contributed by atoms with E-state index in [1.165, 1.54) is 22.0 Å². The van der Waals surface area contributed by atoms with Crippen LogP contribution in [0.3, 0.4) is 0 Å². The van der Waals surface area contributed by atoms with Crippen molar-refractivity contribution in [1.29, 1.82) is 0 Å². The minimum atomic E-state index is 0.237. The van der Waals surface area contributed by atoms with Crippen LogP contribution in [0.25, 0.3) is 16.4 Å². The first-order valence-corrected chi connectivity index (χ1v) is 7.70. The Morgan fingerprint density at radius 2 is 1.95 bits per heavy atom. The summed E-state index contributed by atoms with van der Waals surface area (Å²) in [6.07, 6.45) is 3.13. The molecule has 0 amide bonds. The van der Waals surface area contributed by atoms with E-state index >= 15 is 0 Å². The fourth-order valence-electron chi connectivity index (χ4n) is 2.63. The van der Waals surface area contributed by atoms with E-state index in [1.54, 1.807) is 0 Å². The Bertz CT molecular complexity index is 794. The molecule has 104 valence electrons. The van der Waals surface area contributed by atoms with E-state index in [4.69, 9.17) is 4.98 Å². The molecule has 0 bridgehead atoms. The summed E-state index contributed by atoms with van der Waals surface area (Å²) in [6.45, 7) is 8.88. The van der Waals surface area contributed by atoms with Gasteiger partial charge in [0, 0.05) is 11.6 Å². The normalized spacial score (nSPS) is 12.4. The second kappa shape index (κ2) is 4.59. The third-order valence-electron chi connectivity index (χ3n) is 3.51. The highest BCUT2D eigenvalue weighted by Gasteiger charge is 2.19. The standard InChI is InChI=1S/C17H19BrN2/c1-11-5-6-13-12(9-11)7-8-20-14(10-17(2,3)4)15(18)19-16(13)20/h5-9H,10H2,1-4H3.